The number of para-hydroxylation sites is 1. The lowest BCUT2D eigenvalue weighted by Crippen LogP contribution is -2.28. The molecule has 1 aromatic carbocycles. The number of thiazole rings is 1. The number of nitrogens with two attached hydrogens (primary N) is 2. The summed E-state index contributed by atoms with van der Waals surface area (Å²) in [6.07, 6.45) is 1.65. The van der Waals surface area contributed by atoms with Crippen LogP contribution in [0.15, 0.2) is 35.8 Å². The molecule has 5 N–H and O–H groups in total. The molecule has 3 aromatic rings. The molecule has 21 heavy (non-hydrogen) atoms. The second kappa shape index (κ2) is 5.12. The van der Waals surface area contributed by atoms with Gasteiger partial charge in [-0.15, -0.1) is 11.3 Å². The van der Waals surface area contributed by atoms with Crippen LogP contribution in [0.3, 0.4) is 0 Å². The number of amides is 1. The molecule has 6 nitrogen and oxygen atoms in total. The first-order chi connectivity index (χ1) is 10.1. The lowest BCUT2D eigenvalue weighted by Gasteiger charge is -2.01. The van der Waals surface area contributed by atoms with Gasteiger partial charge in [0.15, 0.2) is 5.01 Å². The number of rotatable bonds is 4. The number of ketones is 1. The molecular weight excluding hydrogens is 288 g/mol. The molecule has 0 bridgehead atoms. The van der Waals surface area contributed by atoms with Crippen LogP contribution in [-0.4, -0.2) is 21.7 Å². The number of hydrogen-bond acceptors (Lipinski definition) is 5. The number of aromatic nitrogens is 2. The maximum atomic E-state index is 12.5. The lowest BCUT2D eigenvalue weighted by atomic mass is 10.1. The van der Waals surface area contributed by atoms with Crippen molar-refractivity contribution in [2.45, 2.75) is 6.04 Å². The number of hydrogen-bond donors (Lipinski definition) is 3. The first-order valence-corrected chi connectivity index (χ1v) is 7.07. The Morgan fingerprint density at radius 1 is 1.29 bits per heavy atom. The van der Waals surface area contributed by atoms with Crippen molar-refractivity contribution in [1.29, 1.82) is 0 Å². The third kappa shape index (κ3) is 2.32. The average molecular weight is 300 g/mol. The predicted octanol–water partition coefficient (Wildman–Crippen LogP) is 1.34. The predicted molar refractivity (Wildman–Crippen MR) is 80.0 cm³/mol. The maximum absolute atomic E-state index is 12.5. The fourth-order valence-electron chi connectivity index (χ4n) is 2.05. The monoisotopic (exact) mass is 300 g/mol. The Bertz CT molecular complexity index is 836. The van der Waals surface area contributed by atoms with Gasteiger partial charge in [-0.3, -0.25) is 9.59 Å². The molecule has 1 unspecified atom stereocenters. The molecule has 1 atom stereocenters. The van der Waals surface area contributed by atoms with Gasteiger partial charge in [0.05, 0.1) is 11.3 Å². The summed E-state index contributed by atoms with van der Waals surface area (Å²) in [4.78, 5) is 30.7. The van der Waals surface area contributed by atoms with Crippen LogP contribution >= 0.6 is 11.3 Å². The highest BCUT2D eigenvalue weighted by atomic mass is 32.1. The van der Waals surface area contributed by atoms with Crippen molar-refractivity contribution in [3.63, 3.8) is 0 Å². The van der Waals surface area contributed by atoms with Crippen LogP contribution in [0, 0.1) is 0 Å². The molecule has 1 amide bonds. The van der Waals surface area contributed by atoms with Gasteiger partial charge in [-0.2, -0.15) is 0 Å². The first-order valence-electron chi connectivity index (χ1n) is 6.19. The van der Waals surface area contributed by atoms with Gasteiger partial charge in [-0.05, 0) is 6.07 Å². The first kappa shape index (κ1) is 13.5. The van der Waals surface area contributed by atoms with E-state index in [0.29, 0.717) is 11.3 Å². The van der Waals surface area contributed by atoms with E-state index in [0.717, 1.165) is 22.2 Å². The summed E-state index contributed by atoms with van der Waals surface area (Å²) in [5, 5.41) is 2.70. The minimum absolute atomic E-state index is 0.208. The molecule has 2 heterocycles. The highest BCUT2D eigenvalue weighted by molar-refractivity contribution is 7.12. The van der Waals surface area contributed by atoms with Gasteiger partial charge >= 0.3 is 0 Å². The molecule has 0 saturated carbocycles. The van der Waals surface area contributed by atoms with E-state index in [1.807, 2.05) is 24.3 Å². The number of nitrogens with one attached hydrogen (secondary N) is 1. The number of aromatic amines is 1. The fraction of sp³-hybridized carbons (Fsp3) is 0.0714. The number of fused-ring (bicyclic) bond motifs is 1. The summed E-state index contributed by atoms with van der Waals surface area (Å²) < 4.78 is 0. The second-order valence-corrected chi connectivity index (χ2v) is 5.39. The molecule has 0 spiro atoms. The lowest BCUT2D eigenvalue weighted by molar-refractivity contribution is -0.119. The van der Waals surface area contributed by atoms with Gasteiger partial charge < -0.3 is 16.5 Å². The smallest absolute Gasteiger partial charge is 0.240 e. The number of carbonyl (C=O) groups is 2. The highest BCUT2D eigenvalue weighted by Crippen LogP contribution is 2.23. The van der Waals surface area contributed by atoms with E-state index in [-0.39, 0.29) is 10.8 Å². The van der Waals surface area contributed by atoms with Gasteiger partial charge in [0.2, 0.25) is 11.7 Å². The van der Waals surface area contributed by atoms with E-state index in [4.69, 9.17) is 11.5 Å². The summed E-state index contributed by atoms with van der Waals surface area (Å²) in [6, 6.07) is 6.51. The topological polar surface area (TPSA) is 115 Å². The van der Waals surface area contributed by atoms with E-state index in [2.05, 4.69) is 9.97 Å². The zero-order chi connectivity index (χ0) is 15.0. The van der Waals surface area contributed by atoms with Crippen LogP contribution in [-0.2, 0) is 4.79 Å². The second-order valence-electron chi connectivity index (χ2n) is 4.53. The molecule has 0 fully saturated rings. The third-order valence-corrected chi connectivity index (χ3v) is 4.03. The Morgan fingerprint density at radius 3 is 2.81 bits per heavy atom. The van der Waals surface area contributed by atoms with Crippen molar-refractivity contribution < 1.29 is 9.59 Å². The molecule has 0 radical (unpaired) electrons. The van der Waals surface area contributed by atoms with Gasteiger partial charge in [0.1, 0.15) is 6.04 Å². The van der Waals surface area contributed by atoms with Crippen LogP contribution in [0.4, 0.5) is 0 Å². The van der Waals surface area contributed by atoms with E-state index in [9.17, 15) is 9.59 Å². The summed E-state index contributed by atoms with van der Waals surface area (Å²) >= 11 is 1.15. The Balaban J connectivity index is 1.97. The van der Waals surface area contributed by atoms with Crippen molar-refractivity contribution in [1.82, 2.24) is 9.97 Å². The minimum Gasteiger partial charge on any atom is -0.368 e. The van der Waals surface area contributed by atoms with Crippen molar-refractivity contribution in [3.8, 4) is 0 Å². The molecule has 0 aliphatic rings. The maximum Gasteiger partial charge on any atom is 0.240 e. The molecule has 0 aliphatic heterocycles. The Labute approximate surface area is 123 Å². The number of H-pyrrole nitrogens is 1. The molecule has 3 rings (SSSR count). The summed E-state index contributed by atoms with van der Waals surface area (Å²) in [5.74, 6) is -0.883. The molecular formula is C14H12N4O2S. The standard InChI is InChI=1S/C14H12N4O2S/c15-11(13(16)20)10-6-21-14(18-10)12(19)8-5-17-9-4-2-1-3-7(8)9/h1-6,11,17H,15H2,(H2,16,20). The van der Waals surface area contributed by atoms with Crippen molar-refractivity contribution >= 4 is 33.9 Å². The molecule has 106 valence electrons. The van der Waals surface area contributed by atoms with Gasteiger partial charge in [-0.25, -0.2) is 4.98 Å². The quantitative estimate of drug-likeness (QED) is 0.630. The fourth-order valence-corrected chi connectivity index (χ4v) is 2.86. The Kier molecular flexibility index (Phi) is 3.28. The Morgan fingerprint density at radius 2 is 2.05 bits per heavy atom. The van der Waals surface area contributed by atoms with E-state index in [1.165, 1.54) is 0 Å². The highest BCUT2D eigenvalue weighted by Gasteiger charge is 2.21. The summed E-state index contributed by atoms with van der Waals surface area (Å²) in [5.41, 5.74) is 12.5. The SMILES string of the molecule is NC(=O)C(N)c1csc(C(=O)c2c[nH]c3ccccc23)n1. The van der Waals surface area contributed by atoms with Gasteiger partial charge in [0, 0.05) is 22.5 Å². The molecule has 2 aromatic heterocycles. The minimum atomic E-state index is -0.995. The van der Waals surface area contributed by atoms with Gasteiger partial charge in [0.25, 0.3) is 0 Å². The molecule has 0 saturated heterocycles. The van der Waals surface area contributed by atoms with Crippen molar-refractivity contribution in [2.24, 2.45) is 11.5 Å². The Hall–Kier alpha value is -2.51. The average Bonchev–Trinajstić information content (AvgIpc) is 3.12. The zero-order valence-electron chi connectivity index (χ0n) is 10.9. The number of primary amides is 1. The number of nitrogens with zero attached hydrogens (tertiary/aromatic N) is 1. The molecule has 7 heteroatoms. The van der Waals surface area contributed by atoms with Gasteiger partial charge in [-0.1, -0.05) is 18.2 Å². The van der Waals surface area contributed by atoms with Crippen LogP contribution in [0.5, 0.6) is 0 Å². The van der Waals surface area contributed by atoms with E-state index >= 15 is 0 Å². The zero-order valence-corrected chi connectivity index (χ0v) is 11.7. The summed E-state index contributed by atoms with van der Waals surface area (Å²) in [6.45, 7) is 0. The largest absolute Gasteiger partial charge is 0.368 e. The number of benzene rings is 1. The van der Waals surface area contributed by atoms with E-state index in [1.54, 1.807) is 11.6 Å². The van der Waals surface area contributed by atoms with Crippen LogP contribution in [0.2, 0.25) is 0 Å². The van der Waals surface area contributed by atoms with Crippen LogP contribution in [0.25, 0.3) is 10.9 Å². The number of carbonyl (C=O) groups excluding carboxylic acids is 2. The van der Waals surface area contributed by atoms with Crippen LogP contribution < -0.4 is 11.5 Å². The van der Waals surface area contributed by atoms with E-state index < -0.39 is 11.9 Å². The normalized spacial score (nSPS) is 12.4. The van der Waals surface area contributed by atoms with Crippen molar-refractivity contribution in [3.05, 3.63) is 52.1 Å². The van der Waals surface area contributed by atoms with Crippen molar-refractivity contribution in [2.75, 3.05) is 0 Å². The summed E-state index contributed by atoms with van der Waals surface area (Å²) in [7, 11) is 0. The molecule has 0 aliphatic carbocycles. The third-order valence-electron chi connectivity index (χ3n) is 3.18. The van der Waals surface area contributed by atoms with Crippen LogP contribution in [0.1, 0.15) is 27.1 Å².